The largest absolute Gasteiger partial charge is 0.493 e. The number of halogens is 2. The highest BCUT2D eigenvalue weighted by Gasteiger charge is 2.24. The first-order valence-corrected chi connectivity index (χ1v) is 8.39. The second-order valence-electron chi connectivity index (χ2n) is 4.72. The summed E-state index contributed by atoms with van der Waals surface area (Å²) in [4.78, 5) is 0. The molecule has 104 valence electrons. The summed E-state index contributed by atoms with van der Waals surface area (Å²) in [7, 11) is 0. The Balaban J connectivity index is 1.75. The van der Waals surface area contributed by atoms with Crippen molar-refractivity contribution < 1.29 is 9.47 Å². The Hall–Kier alpha value is -1.00. The number of fused-ring (bicyclic) bond motifs is 1. The molecular weight excluding hydrogens is 384 g/mol. The quantitative estimate of drug-likeness (QED) is 0.683. The van der Waals surface area contributed by atoms with Gasteiger partial charge in [0.2, 0.25) is 0 Å². The maximum atomic E-state index is 6.04. The SMILES string of the molecule is BrCc1cccc(Br)c1OCC1COc2ccccc21. The fourth-order valence-electron chi connectivity index (χ4n) is 2.37. The van der Waals surface area contributed by atoms with Crippen LogP contribution < -0.4 is 9.47 Å². The van der Waals surface area contributed by atoms with Crippen molar-refractivity contribution in [3.05, 3.63) is 58.1 Å². The molecule has 0 aliphatic carbocycles. The van der Waals surface area contributed by atoms with Gasteiger partial charge in [-0.2, -0.15) is 0 Å². The van der Waals surface area contributed by atoms with Crippen molar-refractivity contribution >= 4 is 31.9 Å². The Morgan fingerprint density at radius 2 is 2.00 bits per heavy atom. The molecule has 1 heterocycles. The lowest BCUT2D eigenvalue weighted by Gasteiger charge is -2.15. The summed E-state index contributed by atoms with van der Waals surface area (Å²) in [6.07, 6.45) is 0. The second kappa shape index (κ2) is 6.19. The highest BCUT2D eigenvalue weighted by Crippen LogP contribution is 2.36. The molecule has 1 aliphatic rings. The molecule has 3 rings (SSSR count). The van der Waals surface area contributed by atoms with E-state index in [0.29, 0.717) is 19.1 Å². The molecule has 2 aromatic rings. The van der Waals surface area contributed by atoms with E-state index in [2.05, 4.69) is 44.0 Å². The second-order valence-corrected chi connectivity index (χ2v) is 6.13. The Labute approximate surface area is 135 Å². The average molecular weight is 398 g/mol. The molecule has 4 heteroatoms. The minimum atomic E-state index is 0.293. The maximum absolute atomic E-state index is 6.04. The Morgan fingerprint density at radius 3 is 2.85 bits per heavy atom. The smallest absolute Gasteiger partial charge is 0.137 e. The Morgan fingerprint density at radius 1 is 1.15 bits per heavy atom. The van der Waals surface area contributed by atoms with Crippen LogP contribution in [-0.2, 0) is 5.33 Å². The molecule has 1 aliphatic heterocycles. The Bertz CT molecular complexity index is 613. The van der Waals surface area contributed by atoms with Gasteiger partial charge in [-0.05, 0) is 28.1 Å². The molecule has 0 aromatic heterocycles. The number of hydrogen-bond donors (Lipinski definition) is 0. The van der Waals surface area contributed by atoms with E-state index in [1.807, 2.05) is 30.3 Å². The predicted molar refractivity (Wildman–Crippen MR) is 86.9 cm³/mol. The lowest BCUT2D eigenvalue weighted by molar-refractivity contribution is 0.246. The average Bonchev–Trinajstić information content (AvgIpc) is 2.89. The van der Waals surface area contributed by atoms with Crippen LogP contribution in [0, 0.1) is 0 Å². The third kappa shape index (κ3) is 2.72. The van der Waals surface area contributed by atoms with Gasteiger partial charge in [0.25, 0.3) is 0 Å². The fourth-order valence-corrected chi connectivity index (χ4v) is 3.33. The minimum absolute atomic E-state index is 0.293. The van der Waals surface area contributed by atoms with Crippen molar-refractivity contribution in [2.45, 2.75) is 11.2 Å². The van der Waals surface area contributed by atoms with Crippen molar-refractivity contribution in [2.24, 2.45) is 0 Å². The van der Waals surface area contributed by atoms with Crippen molar-refractivity contribution in [2.75, 3.05) is 13.2 Å². The third-order valence-corrected chi connectivity index (χ3v) is 4.65. The predicted octanol–water partition coefficient (Wildman–Crippen LogP) is 4.90. The van der Waals surface area contributed by atoms with Crippen LogP contribution in [0.4, 0.5) is 0 Å². The van der Waals surface area contributed by atoms with Gasteiger partial charge in [-0.15, -0.1) is 0 Å². The summed E-state index contributed by atoms with van der Waals surface area (Å²) >= 11 is 7.05. The molecule has 20 heavy (non-hydrogen) atoms. The maximum Gasteiger partial charge on any atom is 0.137 e. The van der Waals surface area contributed by atoms with Crippen LogP contribution in [0.2, 0.25) is 0 Å². The molecule has 0 bridgehead atoms. The summed E-state index contributed by atoms with van der Waals surface area (Å²) < 4.78 is 12.7. The van der Waals surface area contributed by atoms with Crippen LogP contribution >= 0.6 is 31.9 Å². The van der Waals surface area contributed by atoms with Gasteiger partial charge >= 0.3 is 0 Å². The first-order valence-electron chi connectivity index (χ1n) is 6.47. The number of ether oxygens (including phenoxy) is 2. The molecule has 0 saturated carbocycles. The molecule has 0 fully saturated rings. The molecule has 0 radical (unpaired) electrons. The van der Waals surface area contributed by atoms with Crippen LogP contribution in [0.5, 0.6) is 11.5 Å². The van der Waals surface area contributed by atoms with E-state index in [0.717, 1.165) is 26.9 Å². The normalized spacial score (nSPS) is 16.6. The van der Waals surface area contributed by atoms with Crippen LogP contribution in [0.15, 0.2) is 46.9 Å². The van der Waals surface area contributed by atoms with Gasteiger partial charge in [0.1, 0.15) is 11.5 Å². The van der Waals surface area contributed by atoms with Crippen LogP contribution in [0.25, 0.3) is 0 Å². The van der Waals surface area contributed by atoms with Crippen molar-refractivity contribution in [1.29, 1.82) is 0 Å². The number of alkyl halides is 1. The van der Waals surface area contributed by atoms with Crippen LogP contribution in [-0.4, -0.2) is 13.2 Å². The van der Waals surface area contributed by atoms with Crippen molar-refractivity contribution in [3.8, 4) is 11.5 Å². The van der Waals surface area contributed by atoms with Gasteiger partial charge < -0.3 is 9.47 Å². The van der Waals surface area contributed by atoms with E-state index >= 15 is 0 Å². The lowest BCUT2D eigenvalue weighted by Crippen LogP contribution is -2.12. The van der Waals surface area contributed by atoms with Crippen molar-refractivity contribution in [3.63, 3.8) is 0 Å². The highest BCUT2D eigenvalue weighted by molar-refractivity contribution is 9.10. The van der Waals surface area contributed by atoms with Gasteiger partial charge in [-0.25, -0.2) is 0 Å². The summed E-state index contributed by atoms with van der Waals surface area (Å²) in [5.41, 5.74) is 2.38. The number of hydrogen-bond acceptors (Lipinski definition) is 2. The van der Waals surface area contributed by atoms with E-state index < -0.39 is 0 Å². The highest BCUT2D eigenvalue weighted by atomic mass is 79.9. The fraction of sp³-hybridized carbons (Fsp3) is 0.250. The monoisotopic (exact) mass is 396 g/mol. The van der Waals surface area contributed by atoms with Gasteiger partial charge in [-0.3, -0.25) is 0 Å². The van der Waals surface area contributed by atoms with Gasteiger partial charge in [0, 0.05) is 16.5 Å². The van der Waals surface area contributed by atoms with E-state index in [-0.39, 0.29) is 0 Å². The van der Waals surface area contributed by atoms with E-state index in [4.69, 9.17) is 9.47 Å². The molecule has 1 atom stereocenters. The molecule has 2 aromatic carbocycles. The zero-order valence-corrected chi connectivity index (χ0v) is 14.0. The van der Waals surface area contributed by atoms with E-state index in [9.17, 15) is 0 Å². The molecule has 0 saturated heterocycles. The first-order chi connectivity index (χ1) is 9.79. The number of rotatable bonds is 4. The topological polar surface area (TPSA) is 18.5 Å². The first kappa shape index (κ1) is 14.0. The molecular formula is C16H14Br2O2. The minimum Gasteiger partial charge on any atom is -0.493 e. The summed E-state index contributed by atoms with van der Waals surface area (Å²) in [5, 5.41) is 0.777. The Kier molecular flexibility index (Phi) is 4.32. The van der Waals surface area contributed by atoms with Crippen molar-refractivity contribution in [1.82, 2.24) is 0 Å². The van der Waals surface area contributed by atoms with Gasteiger partial charge in [-0.1, -0.05) is 46.3 Å². The lowest BCUT2D eigenvalue weighted by atomic mass is 10.0. The zero-order valence-electron chi connectivity index (χ0n) is 10.8. The zero-order chi connectivity index (χ0) is 13.9. The molecule has 0 spiro atoms. The summed E-state index contributed by atoms with van der Waals surface area (Å²) in [6, 6.07) is 14.2. The standard InChI is InChI=1S/C16H14Br2O2/c17-8-11-4-3-6-14(18)16(11)20-10-12-9-19-15-7-2-1-5-13(12)15/h1-7,12H,8-10H2. The van der Waals surface area contributed by atoms with E-state index in [1.54, 1.807) is 0 Å². The number of benzene rings is 2. The van der Waals surface area contributed by atoms with Gasteiger partial charge in [0.05, 0.1) is 23.6 Å². The van der Waals surface area contributed by atoms with E-state index in [1.165, 1.54) is 5.56 Å². The van der Waals surface area contributed by atoms with Gasteiger partial charge in [0.15, 0.2) is 0 Å². The van der Waals surface area contributed by atoms with Crippen LogP contribution in [0.1, 0.15) is 17.0 Å². The molecule has 0 amide bonds. The molecule has 1 unspecified atom stereocenters. The summed E-state index contributed by atoms with van der Waals surface area (Å²) in [6.45, 7) is 1.31. The molecule has 2 nitrogen and oxygen atoms in total. The number of para-hydroxylation sites is 2. The third-order valence-electron chi connectivity index (χ3n) is 3.42. The van der Waals surface area contributed by atoms with Crippen LogP contribution in [0.3, 0.4) is 0 Å². The molecule has 0 N–H and O–H groups in total. The summed E-state index contributed by atoms with van der Waals surface area (Å²) in [5.74, 6) is 2.18.